The van der Waals surface area contributed by atoms with Crippen LogP contribution in [0, 0.1) is 0 Å². The zero-order chi connectivity index (χ0) is 12.9. The lowest BCUT2D eigenvalue weighted by Gasteiger charge is -2.38. The summed E-state index contributed by atoms with van der Waals surface area (Å²) in [5.41, 5.74) is -0.810. The molecular formula is C12H24N2O3. The van der Waals surface area contributed by atoms with E-state index < -0.39 is 5.60 Å². The number of hydrogen-bond donors (Lipinski definition) is 2. The molecule has 1 aliphatic heterocycles. The van der Waals surface area contributed by atoms with Crippen LogP contribution in [0.25, 0.3) is 0 Å². The first-order valence-electron chi connectivity index (χ1n) is 6.08. The number of carbonyl (C=O) groups is 1. The lowest BCUT2D eigenvalue weighted by molar-refractivity contribution is 0.0313. The van der Waals surface area contributed by atoms with Gasteiger partial charge in [0.2, 0.25) is 0 Å². The molecule has 0 saturated carbocycles. The standard InChI is InChI=1S/C12H24N2O3/c1-11(2,3)17-10(15)14-12(9-16-4)6-5-7-13-8-12/h13H,5-9H2,1-4H3,(H,14,15). The van der Waals surface area contributed by atoms with E-state index in [-0.39, 0.29) is 11.6 Å². The van der Waals surface area contributed by atoms with E-state index in [1.54, 1.807) is 7.11 Å². The first-order valence-corrected chi connectivity index (χ1v) is 6.08. The second-order valence-corrected chi connectivity index (χ2v) is 5.62. The highest BCUT2D eigenvalue weighted by molar-refractivity contribution is 5.69. The Morgan fingerprint density at radius 2 is 2.18 bits per heavy atom. The smallest absolute Gasteiger partial charge is 0.408 e. The Hall–Kier alpha value is -0.810. The van der Waals surface area contributed by atoms with Crippen molar-refractivity contribution < 1.29 is 14.3 Å². The van der Waals surface area contributed by atoms with Crippen molar-refractivity contribution in [3.05, 3.63) is 0 Å². The van der Waals surface area contributed by atoms with Crippen molar-refractivity contribution >= 4 is 6.09 Å². The molecule has 1 unspecified atom stereocenters. The zero-order valence-corrected chi connectivity index (χ0v) is 11.3. The number of hydrogen-bond acceptors (Lipinski definition) is 4. The Kier molecular flexibility index (Phi) is 4.77. The first-order chi connectivity index (χ1) is 7.87. The molecule has 1 rings (SSSR count). The lowest BCUT2D eigenvalue weighted by Crippen LogP contribution is -2.60. The number of alkyl carbamates (subject to hydrolysis) is 1. The van der Waals surface area contributed by atoms with Crippen molar-refractivity contribution in [3.8, 4) is 0 Å². The summed E-state index contributed by atoms with van der Waals surface area (Å²) in [4.78, 5) is 11.8. The van der Waals surface area contributed by atoms with Crippen molar-refractivity contribution in [2.75, 3.05) is 26.8 Å². The molecule has 1 fully saturated rings. The molecule has 0 aromatic heterocycles. The van der Waals surface area contributed by atoms with Crippen molar-refractivity contribution in [3.63, 3.8) is 0 Å². The minimum atomic E-state index is -0.472. The summed E-state index contributed by atoms with van der Waals surface area (Å²) >= 11 is 0. The average molecular weight is 244 g/mol. The molecule has 2 N–H and O–H groups in total. The van der Waals surface area contributed by atoms with Gasteiger partial charge in [0.15, 0.2) is 0 Å². The molecule has 1 amide bonds. The van der Waals surface area contributed by atoms with Gasteiger partial charge < -0.3 is 20.1 Å². The molecule has 0 bridgehead atoms. The Balaban J connectivity index is 2.57. The topological polar surface area (TPSA) is 59.6 Å². The van der Waals surface area contributed by atoms with Gasteiger partial charge in [-0.25, -0.2) is 4.79 Å². The molecule has 0 aromatic carbocycles. The van der Waals surface area contributed by atoms with Gasteiger partial charge >= 0.3 is 6.09 Å². The molecule has 1 aliphatic rings. The van der Waals surface area contributed by atoms with Crippen molar-refractivity contribution in [2.24, 2.45) is 0 Å². The Bertz CT molecular complexity index is 249. The Morgan fingerprint density at radius 3 is 2.65 bits per heavy atom. The van der Waals surface area contributed by atoms with Crippen LogP contribution < -0.4 is 10.6 Å². The molecule has 17 heavy (non-hydrogen) atoms. The molecule has 5 nitrogen and oxygen atoms in total. The largest absolute Gasteiger partial charge is 0.444 e. The van der Waals surface area contributed by atoms with E-state index in [1.807, 2.05) is 20.8 Å². The Labute approximate surface area is 103 Å². The molecule has 0 aromatic rings. The molecule has 1 atom stereocenters. The summed E-state index contributed by atoms with van der Waals surface area (Å²) in [5, 5.41) is 6.22. The second-order valence-electron chi connectivity index (χ2n) is 5.62. The molecule has 0 aliphatic carbocycles. The van der Waals surface area contributed by atoms with Gasteiger partial charge in [-0.3, -0.25) is 0 Å². The van der Waals surface area contributed by atoms with Crippen LogP contribution in [0.2, 0.25) is 0 Å². The van der Waals surface area contributed by atoms with Gasteiger partial charge in [-0.2, -0.15) is 0 Å². The summed E-state index contributed by atoms with van der Waals surface area (Å²) in [6.07, 6.45) is 1.56. The van der Waals surface area contributed by atoms with Gasteiger partial charge in [-0.1, -0.05) is 0 Å². The van der Waals surface area contributed by atoms with E-state index in [4.69, 9.17) is 9.47 Å². The van der Waals surface area contributed by atoms with E-state index in [9.17, 15) is 4.79 Å². The predicted octanol–water partition coefficient (Wildman–Crippen LogP) is 1.28. The highest BCUT2D eigenvalue weighted by atomic mass is 16.6. The molecular weight excluding hydrogens is 220 g/mol. The van der Waals surface area contributed by atoms with E-state index in [0.717, 1.165) is 25.9 Å². The van der Waals surface area contributed by atoms with E-state index in [0.29, 0.717) is 6.61 Å². The van der Waals surface area contributed by atoms with E-state index >= 15 is 0 Å². The van der Waals surface area contributed by atoms with Crippen molar-refractivity contribution in [1.82, 2.24) is 10.6 Å². The van der Waals surface area contributed by atoms with Crippen LogP contribution in [0.5, 0.6) is 0 Å². The first kappa shape index (κ1) is 14.3. The number of methoxy groups -OCH3 is 1. The maximum atomic E-state index is 11.8. The fourth-order valence-electron chi connectivity index (χ4n) is 2.03. The lowest BCUT2D eigenvalue weighted by atomic mass is 9.91. The van der Waals surface area contributed by atoms with Crippen LogP contribution in [-0.2, 0) is 9.47 Å². The normalized spacial score (nSPS) is 25.4. The number of ether oxygens (including phenoxy) is 2. The number of piperidine rings is 1. The van der Waals surface area contributed by atoms with Gasteiger partial charge in [0.1, 0.15) is 5.60 Å². The molecule has 0 spiro atoms. The molecule has 5 heteroatoms. The number of amides is 1. The van der Waals surface area contributed by atoms with Crippen LogP contribution in [0.3, 0.4) is 0 Å². The fraction of sp³-hybridized carbons (Fsp3) is 0.917. The molecule has 1 saturated heterocycles. The summed E-state index contributed by atoms with van der Waals surface area (Å²) in [6.45, 7) is 7.78. The SMILES string of the molecule is COCC1(NC(=O)OC(C)(C)C)CCCNC1. The number of nitrogens with one attached hydrogen (secondary N) is 2. The molecule has 100 valence electrons. The third-order valence-corrected chi connectivity index (χ3v) is 2.66. The van der Waals surface area contributed by atoms with Gasteiger partial charge in [-0.05, 0) is 40.2 Å². The van der Waals surface area contributed by atoms with Crippen LogP contribution in [-0.4, -0.2) is 44.0 Å². The summed E-state index contributed by atoms with van der Waals surface area (Å²) in [5.74, 6) is 0. The fourth-order valence-corrected chi connectivity index (χ4v) is 2.03. The Morgan fingerprint density at radius 1 is 1.47 bits per heavy atom. The predicted molar refractivity (Wildman–Crippen MR) is 66.1 cm³/mol. The second kappa shape index (κ2) is 5.69. The third-order valence-electron chi connectivity index (χ3n) is 2.66. The molecule has 0 radical (unpaired) electrons. The number of carbonyl (C=O) groups excluding carboxylic acids is 1. The van der Waals surface area contributed by atoms with Crippen molar-refractivity contribution in [2.45, 2.75) is 44.8 Å². The van der Waals surface area contributed by atoms with Gasteiger partial charge in [0.05, 0.1) is 12.1 Å². The quantitative estimate of drug-likeness (QED) is 0.785. The maximum absolute atomic E-state index is 11.8. The number of rotatable bonds is 3. The summed E-state index contributed by atoms with van der Waals surface area (Å²) in [6, 6.07) is 0. The van der Waals surface area contributed by atoms with Crippen LogP contribution in [0.15, 0.2) is 0 Å². The highest BCUT2D eigenvalue weighted by Crippen LogP contribution is 2.18. The van der Waals surface area contributed by atoms with Gasteiger partial charge in [0.25, 0.3) is 0 Å². The minimum Gasteiger partial charge on any atom is -0.444 e. The minimum absolute atomic E-state index is 0.338. The summed E-state index contributed by atoms with van der Waals surface area (Å²) < 4.78 is 10.5. The highest BCUT2D eigenvalue weighted by Gasteiger charge is 2.35. The van der Waals surface area contributed by atoms with Gasteiger partial charge in [-0.15, -0.1) is 0 Å². The van der Waals surface area contributed by atoms with Crippen LogP contribution >= 0.6 is 0 Å². The van der Waals surface area contributed by atoms with E-state index in [1.165, 1.54) is 0 Å². The summed E-state index contributed by atoms with van der Waals surface area (Å²) in [7, 11) is 1.65. The van der Waals surface area contributed by atoms with Crippen molar-refractivity contribution in [1.29, 1.82) is 0 Å². The molecule has 1 heterocycles. The zero-order valence-electron chi connectivity index (χ0n) is 11.3. The monoisotopic (exact) mass is 244 g/mol. The van der Waals surface area contributed by atoms with E-state index in [2.05, 4.69) is 10.6 Å². The average Bonchev–Trinajstić information content (AvgIpc) is 2.15. The van der Waals surface area contributed by atoms with Crippen LogP contribution in [0.4, 0.5) is 4.79 Å². The van der Waals surface area contributed by atoms with Crippen LogP contribution in [0.1, 0.15) is 33.6 Å². The third kappa shape index (κ3) is 4.91. The van der Waals surface area contributed by atoms with Gasteiger partial charge in [0, 0.05) is 13.7 Å². The maximum Gasteiger partial charge on any atom is 0.408 e.